The number of hydrogen-bond donors (Lipinski definition) is 2. The number of aromatic nitrogens is 2. The van der Waals surface area contributed by atoms with E-state index < -0.39 is 0 Å². The first-order chi connectivity index (χ1) is 10.2. The lowest BCUT2D eigenvalue weighted by Gasteiger charge is -2.22. The van der Waals surface area contributed by atoms with Crippen molar-refractivity contribution in [3.05, 3.63) is 10.9 Å². The van der Waals surface area contributed by atoms with Gasteiger partial charge >= 0.3 is 0 Å². The van der Waals surface area contributed by atoms with E-state index in [2.05, 4.69) is 38.5 Å². The fourth-order valence-corrected chi connectivity index (χ4v) is 4.57. The minimum atomic E-state index is 0.524. The smallest absolute Gasteiger partial charge is 0.225 e. The molecule has 0 amide bonds. The standard InChI is InChI=1S/C15H21N5S/c1-9-8-10-13(18-15(16-2)19-14(10)21-9)17-11-5-7-20-6-3-4-12(11)20/h8,11-12H,3-7H2,1-2H3,(H2,16,17,18,19). The van der Waals surface area contributed by atoms with Crippen LogP contribution in [0.5, 0.6) is 0 Å². The van der Waals surface area contributed by atoms with E-state index in [1.54, 1.807) is 11.3 Å². The van der Waals surface area contributed by atoms with Crippen molar-refractivity contribution in [2.75, 3.05) is 30.8 Å². The van der Waals surface area contributed by atoms with Gasteiger partial charge in [-0.25, -0.2) is 4.98 Å². The lowest BCUT2D eigenvalue weighted by Crippen LogP contribution is -2.34. The van der Waals surface area contributed by atoms with Crippen molar-refractivity contribution in [1.29, 1.82) is 0 Å². The highest BCUT2D eigenvalue weighted by atomic mass is 32.1. The molecule has 5 nitrogen and oxygen atoms in total. The molecule has 2 aliphatic heterocycles. The summed E-state index contributed by atoms with van der Waals surface area (Å²) >= 11 is 1.73. The molecule has 2 atom stereocenters. The van der Waals surface area contributed by atoms with E-state index in [1.807, 2.05) is 7.05 Å². The van der Waals surface area contributed by atoms with Gasteiger partial charge in [0.25, 0.3) is 0 Å². The summed E-state index contributed by atoms with van der Waals surface area (Å²) in [6, 6.07) is 3.41. The Labute approximate surface area is 128 Å². The zero-order chi connectivity index (χ0) is 14.4. The summed E-state index contributed by atoms with van der Waals surface area (Å²) in [5, 5.41) is 7.95. The van der Waals surface area contributed by atoms with Crippen molar-refractivity contribution in [2.24, 2.45) is 0 Å². The first-order valence-corrected chi connectivity index (χ1v) is 8.53. The third-order valence-electron chi connectivity index (χ3n) is 4.67. The van der Waals surface area contributed by atoms with E-state index in [-0.39, 0.29) is 0 Å². The van der Waals surface area contributed by atoms with Gasteiger partial charge in [0.05, 0.1) is 5.39 Å². The highest BCUT2D eigenvalue weighted by Crippen LogP contribution is 2.34. The quantitative estimate of drug-likeness (QED) is 0.913. The number of rotatable bonds is 3. The molecule has 0 aliphatic carbocycles. The average molecular weight is 303 g/mol. The molecular formula is C15H21N5S. The largest absolute Gasteiger partial charge is 0.365 e. The predicted octanol–water partition coefficient (Wildman–Crippen LogP) is 2.69. The Kier molecular flexibility index (Phi) is 3.23. The Bertz CT molecular complexity index is 667. The molecule has 2 fully saturated rings. The van der Waals surface area contributed by atoms with Crippen molar-refractivity contribution in [3.63, 3.8) is 0 Å². The van der Waals surface area contributed by atoms with Gasteiger partial charge in [0.1, 0.15) is 10.6 Å². The summed E-state index contributed by atoms with van der Waals surface area (Å²) in [7, 11) is 1.87. The highest BCUT2D eigenvalue weighted by Gasteiger charge is 2.37. The summed E-state index contributed by atoms with van der Waals surface area (Å²) in [5.74, 6) is 1.69. The van der Waals surface area contributed by atoms with E-state index in [9.17, 15) is 0 Å². The topological polar surface area (TPSA) is 53.1 Å². The molecule has 2 aromatic rings. The van der Waals surface area contributed by atoms with Gasteiger partial charge in [-0.2, -0.15) is 4.98 Å². The predicted molar refractivity (Wildman–Crippen MR) is 88.3 cm³/mol. The first kappa shape index (κ1) is 13.3. The SMILES string of the molecule is CNc1nc(NC2CCN3CCCC23)c2cc(C)sc2n1. The van der Waals surface area contributed by atoms with E-state index >= 15 is 0 Å². The van der Waals surface area contributed by atoms with Crippen LogP contribution in [0.2, 0.25) is 0 Å². The van der Waals surface area contributed by atoms with Gasteiger partial charge in [-0.3, -0.25) is 4.90 Å². The molecule has 112 valence electrons. The minimum Gasteiger partial charge on any atom is -0.365 e. The number of nitrogens with one attached hydrogen (secondary N) is 2. The zero-order valence-electron chi connectivity index (χ0n) is 12.5. The summed E-state index contributed by atoms with van der Waals surface area (Å²) in [4.78, 5) is 14.2. The van der Waals surface area contributed by atoms with Crippen molar-refractivity contribution < 1.29 is 0 Å². The van der Waals surface area contributed by atoms with E-state index in [4.69, 9.17) is 0 Å². The van der Waals surface area contributed by atoms with Crippen LogP contribution in [-0.2, 0) is 0 Å². The maximum Gasteiger partial charge on any atom is 0.225 e. The number of anilines is 2. The van der Waals surface area contributed by atoms with E-state index in [1.165, 1.54) is 37.2 Å². The van der Waals surface area contributed by atoms with E-state index in [0.29, 0.717) is 18.0 Å². The molecule has 0 spiro atoms. The molecule has 6 heteroatoms. The van der Waals surface area contributed by atoms with Crippen molar-refractivity contribution >= 4 is 33.3 Å². The molecule has 2 saturated heterocycles. The third kappa shape index (κ3) is 2.26. The second-order valence-corrected chi connectivity index (χ2v) is 7.24. The maximum atomic E-state index is 4.67. The fourth-order valence-electron chi connectivity index (χ4n) is 3.69. The van der Waals surface area contributed by atoms with Crippen LogP contribution in [0.1, 0.15) is 24.1 Å². The fraction of sp³-hybridized carbons (Fsp3) is 0.600. The molecule has 2 unspecified atom stereocenters. The Balaban J connectivity index is 1.68. The summed E-state index contributed by atoms with van der Waals surface area (Å²) in [5.41, 5.74) is 0. The van der Waals surface area contributed by atoms with Gasteiger partial charge in [0.15, 0.2) is 0 Å². The molecule has 2 aromatic heterocycles. The number of nitrogens with zero attached hydrogens (tertiary/aromatic N) is 3. The van der Waals surface area contributed by atoms with Gasteiger partial charge in [-0.05, 0) is 38.8 Å². The van der Waals surface area contributed by atoms with Gasteiger partial charge in [-0.15, -0.1) is 11.3 Å². The molecule has 0 saturated carbocycles. The van der Waals surface area contributed by atoms with Crippen LogP contribution in [0.4, 0.5) is 11.8 Å². The lowest BCUT2D eigenvalue weighted by atomic mass is 10.1. The Morgan fingerprint density at radius 2 is 2.19 bits per heavy atom. The van der Waals surface area contributed by atoms with Crippen LogP contribution >= 0.6 is 11.3 Å². The normalized spacial score (nSPS) is 25.4. The lowest BCUT2D eigenvalue weighted by molar-refractivity contribution is 0.318. The number of aryl methyl sites for hydroxylation is 1. The zero-order valence-corrected chi connectivity index (χ0v) is 13.3. The van der Waals surface area contributed by atoms with Gasteiger partial charge < -0.3 is 10.6 Å². The van der Waals surface area contributed by atoms with Gasteiger partial charge in [0, 0.05) is 30.6 Å². The molecule has 0 bridgehead atoms. The van der Waals surface area contributed by atoms with Gasteiger partial charge in [0.2, 0.25) is 5.95 Å². The highest BCUT2D eigenvalue weighted by molar-refractivity contribution is 7.18. The average Bonchev–Trinajstić information content (AvgIpc) is 3.14. The number of thiophene rings is 1. The molecule has 2 aliphatic rings. The second-order valence-electron chi connectivity index (χ2n) is 6.01. The van der Waals surface area contributed by atoms with Crippen LogP contribution in [0.25, 0.3) is 10.2 Å². The Hall–Kier alpha value is -1.40. The Morgan fingerprint density at radius 1 is 1.29 bits per heavy atom. The molecule has 4 heterocycles. The second kappa shape index (κ2) is 5.10. The summed E-state index contributed by atoms with van der Waals surface area (Å²) in [6.45, 7) is 4.61. The van der Waals surface area contributed by atoms with Crippen LogP contribution in [0.15, 0.2) is 6.07 Å². The van der Waals surface area contributed by atoms with Gasteiger partial charge in [-0.1, -0.05) is 0 Å². The van der Waals surface area contributed by atoms with Crippen molar-refractivity contribution in [1.82, 2.24) is 14.9 Å². The van der Waals surface area contributed by atoms with Crippen molar-refractivity contribution in [3.8, 4) is 0 Å². The Morgan fingerprint density at radius 3 is 3.05 bits per heavy atom. The first-order valence-electron chi connectivity index (χ1n) is 7.71. The summed E-state index contributed by atoms with van der Waals surface area (Å²) < 4.78 is 0. The molecule has 4 rings (SSSR count). The van der Waals surface area contributed by atoms with Crippen LogP contribution in [-0.4, -0.2) is 47.1 Å². The molecule has 0 aromatic carbocycles. The number of hydrogen-bond acceptors (Lipinski definition) is 6. The molecule has 21 heavy (non-hydrogen) atoms. The number of fused-ring (bicyclic) bond motifs is 2. The third-order valence-corrected chi connectivity index (χ3v) is 5.61. The van der Waals surface area contributed by atoms with Crippen LogP contribution in [0.3, 0.4) is 0 Å². The maximum absolute atomic E-state index is 4.67. The van der Waals surface area contributed by atoms with Crippen LogP contribution in [0, 0.1) is 6.92 Å². The summed E-state index contributed by atoms with van der Waals surface area (Å²) in [6.07, 6.45) is 3.86. The molecular weight excluding hydrogens is 282 g/mol. The molecule has 2 N–H and O–H groups in total. The van der Waals surface area contributed by atoms with Crippen molar-refractivity contribution in [2.45, 2.75) is 38.3 Å². The minimum absolute atomic E-state index is 0.524. The molecule has 0 radical (unpaired) electrons. The van der Waals surface area contributed by atoms with E-state index in [0.717, 1.165) is 16.0 Å². The van der Waals surface area contributed by atoms with Crippen LogP contribution < -0.4 is 10.6 Å². The monoisotopic (exact) mass is 303 g/mol.